The van der Waals surface area contributed by atoms with Crippen LogP contribution in [0.2, 0.25) is 0 Å². The second kappa shape index (κ2) is 5.68. The van der Waals surface area contributed by atoms with Crippen LogP contribution in [-0.4, -0.2) is 55.5 Å². The van der Waals surface area contributed by atoms with Gasteiger partial charge in [-0.15, -0.1) is 0 Å². The highest BCUT2D eigenvalue weighted by molar-refractivity contribution is 4.96. The van der Waals surface area contributed by atoms with E-state index in [-0.39, 0.29) is 5.60 Å². The predicted octanol–water partition coefficient (Wildman–Crippen LogP) is 1.38. The maximum Gasteiger partial charge on any atom is 0.0741 e. The first-order valence-corrected chi connectivity index (χ1v) is 7.90. The van der Waals surface area contributed by atoms with E-state index in [9.17, 15) is 0 Å². The van der Waals surface area contributed by atoms with E-state index in [0.29, 0.717) is 18.0 Å². The van der Waals surface area contributed by atoms with Crippen molar-refractivity contribution in [2.24, 2.45) is 11.7 Å². The van der Waals surface area contributed by atoms with Crippen molar-refractivity contribution in [2.45, 2.75) is 56.7 Å². The van der Waals surface area contributed by atoms with Crippen molar-refractivity contribution < 1.29 is 9.47 Å². The molecule has 0 aromatic heterocycles. The van der Waals surface area contributed by atoms with Crippen molar-refractivity contribution in [2.75, 3.05) is 32.9 Å². The summed E-state index contributed by atoms with van der Waals surface area (Å²) in [5.74, 6) is 0.698. The Hall–Kier alpha value is -0.160. The molecule has 110 valence electrons. The summed E-state index contributed by atoms with van der Waals surface area (Å²) in [6.45, 7) is 7.04. The Kier molecular flexibility index (Phi) is 4.13. The van der Waals surface area contributed by atoms with Crippen molar-refractivity contribution in [3.05, 3.63) is 0 Å². The molecule has 0 radical (unpaired) electrons. The summed E-state index contributed by atoms with van der Waals surface area (Å²) in [5.41, 5.74) is 5.97. The predicted molar refractivity (Wildman–Crippen MR) is 75.1 cm³/mol. The molecule has 0 aromatic carbocycles. The van der Waals surface area contributed by atoms with E-state index in [1.807, 2.05) is 0 Å². The van der Waals surface area contributed by atoms with Crippen LogP contribution < -0.4 is 5.73 Å². The van der Waals surface area contributed by atoms with Gasteiger partial charge in [0.15, 0.2) is 0 Å². The lowest BCUT2D eigenvalue weighted by atomic mass is 9.83. The lowest BCUT2D eigenvalue weighted by molar-refractivity contribution is -0.152. The van der Waals surface area contributed by atoms with Gasteiger partial charge in [-0.05, 0) is 51.5 Å². The largest absolute Gasteiger partial charge is 0.381 e. The molecule has 0 bridgehead atoms. The van der Waals surface area contributed by atoms with Crippen LogP contribution in [0.25, 0.3) is 0 Å². The fourth-order valence-corrected chi connectivity index (χ4v) is 4.23. The second-order valence-corrected chi connectivity index (χ2v) is 6.67. The summed E-state index contributed by atoms with van der Waals surface area (Å²) in [6.07, 6.45) is 5.80. The van der Waals surface area contributed by atoms with E-state index in [1.54, 1.807) is 0 Å². The second-order valence-electron chi connectivity index (χ2n) is 6.67. The maximum absolute atomic E-state index is 6.15. The van der Waals surface area contributed by atoms with Crippen LogP contribution in [0.15, 0.2) is 0 Å². The van der Waals surface area contributed by atoms with Gasteiger partial charge in [-0.25, -0.2) is 0 Å². The Morgan fingerprint density at radius 1 is 1.26 bits per heavy atom. The molecule has 1 spiro atoms. The van der Waals surface area contributed by atoms with Gasteiger partial charge in [-0.2, -0.15) is 0 Å². The van der Waals surface area contributed by atoms with Crippen LogP contribution in [0.3, 0.4) is 0 Å². The lowest BCUT2D eigenvalue weighted by Crippen LogP contribution is -2.52. The van der Waals surface area contributed by atoms with Crippen LogP contribution in [0, 0.1) is 5.92 Å². The minimum absolute atomic E-state index is 0.113. The standard InChI is InChI=1S/C15H28N2O2/c1-12-8-13(10-16)11-17(12)14-2-5-19-15(9-14)3-6-18-7-4-15/h12-14H,2-11,16H2,1H3. The third kappa shape index (κ3) is 2.82. The van der Waals surface area contributed by atoms with Gasteiger partial charge in [0.25, 0.3) is 0 Å². The monoisotopic (exact) mass is 268 g/mol. The van der Waals surface area contributed by atoms with E-state index < -0.39 is 0 Å². The average Bonchev–Trinajstić information content (AvgIpc) is 2.81. The highest BCUT2D eigenvalue weighted by Crippen LogP contribution is 2.38. The number of ether oxygens (including phenoxy) is 2. The Balaban J connectivity index is 1.64. The minimum Gasteiger partial charge on any atom is -0.381 e. The molecule has 0 saturated carbocycles. The molecular formula is C15H28N2O2. The molecule has 3 fully saturated rings. The van der Waals surface area contributed by atoms with Crippen LogP contribution >= 0.6 is 0 Å². The van der Waals surface area contributed by atoms with Gasteiger partial charge < -0.3 is 15.2 Å². The average molecular weight is 268 g/mol. The normalized spacial score (nSPS) is 39.8. The molecule has 3 saturated heterocycles. The molecule has 3 rings (SSSR count). The third-order valence-corrected chi connectivity index (χ3v) is 5.38. The quantitative estimate of drug-likeness (QED) is 0.822. The molecular weight excluding hydrogens is 240 g/mol. The molecule has 4 nitrogen and oxygen atoms in total. The van der Waals surface area contributed by atoms with Crippen LogP contribution in [0.5, 0.6) is 0 Å². The Morgan fingerprint density at radius 3 is 2.74 bits per heavy atom. The SMILES string of the molecule is CC1CC(CN)CN1C1CCOC2(CCOCC2)C1. The number of likely N-dealkylation sites (tertiary alicyclic amines) is 1. The van der Waals surface area contributed by atoms with Crippen LogP contribution in [-0.2, 0) is 9.47 Å². The highest BCUT2D eigenvalue weighted by Gasteiger charge is 2.43. The summed E-state index contributed by atoms with van der Waals surface area (Å²) in [7, 11) is 0. The summed E-state index contributed by atoms with van der Waals surface area (Å²) in [6, 6.07) is 1.38. The van der Waals surface area contributed by atoms with Gasteiger partial charge >= 0.3 is 0 Å². The molecule has 19 heavy (non-hydrogen) atoms. The first-order valence-electron chi connectivity index (χ1n) is 7.90. The summed E-state index contributed by atoms with van der Waals surface area (Å²) in [5, 5.41) is 0. The summed E-state index contributed by atoms with van der Waals surface area (Å²) in [4.78, 5) is 2.71. The third-order valence-electron chi connectivity index (χ3n) is 5.38. The number of hydrogen-bond acceptors (Lipinski definition) is 4. The van der Waals surface area contributed by atoms with Crippen molar-refractivity contribution in [3.8, 4) is 0 Å². The number of nitrogens with zero attached hydrogens (tertiary/aromatic N) is 1. The molecule has 0 amide bonds. The van der Waals surface area contributed by atoms with Crippen LogP contribution in [0.1, 0.15) is 39.0 Å². The maximum atomic E-state index is 6.15. The van der Waals surface area contributed by atoms with E-state index in [1.165, 1.54) is 25.8 Å². The lowest BCUT2D eigenvalue weighted by Gasteiger charge is -2.46. The number of nitrogens with two attached hydrogens (primary N) is 1. The zero-order valence-corrected chi connectivity index (χ0v) is 12.1. The Morgan fingerprint density at radius 2 is 2.05 bits per heavy atom. The number of rotatable bonds is 2. The molecule has 3 atom stereocenters. The molecule has 3 unspecified atom stereocenters. The minimum atomic E-state index is 0.113. The fourth-order valence-electron chi connectivity index (χ4n) is 4.23. The summed E-state index contributed by atoms with van der Waals surface area (Å²) < 4.78 is 11.7. The zero-order valence-electron chi connectivity index (χ0n) is 12.1. The topological polar surface area (TPSA) is 47.7 Å². The van der Waals surface area contributed by atoms with Crippen molar-refractivity contribution >= 4 is 0 Å². The first kappa shape index (κ1) is 13.8. The van der Waals surface area contributed by atoms with E-state index in [0.717, 1.165) is 39.2 Å². The van der Waals surface area contributed by atoms with E-state index in [2.05, 4.69) is 11.8 Å². The Bertz CT molecular complexity index is 299. The van der Waals surface area contributed by atoms with Crippen molar-refractivity contribution in [1.82, 2.24) is 4.90 Å². The van der Waals surface area contributed by atoms with Gasteiger partial charge in [0.2, 0.25) is 0 Å². The first-order chi connectivity index (χ1) is 9.22. The highest BCUT2D eigenvalue weighted by atomic mass is 16.5. The molecule has 0 aromatic rings. The summed E-state index contributed by atoms with van der Waals surface area (Å²) >= 11 is 0. The smallest absolute Gasteiger partial charge is 0.0741 e. The van der Waals surface area contributed by atoms with Gasteiger partial charge in [0.05, 0.1) is 5.60 Å². The van der Waals surface area contributed by atoms with Crippen molar-refractivity contribution in [1.29, 1.82) is 0 Å². The van der Waals surface area contributed by atoms with Gasteiger partial charge in [-0.1, -0.05) is 0 Å². The molecule has 3 aliphatic heterocycles. The van der Waals surface area contributed by atoms with Crippen molar-refractivity contribution in [3.63, 3.8) is 0 Å². The molecule has 0 aliphatic carbocycles. The molecule has 2 N–H and O–H groups in total. The molecule has 4 heteroatoms. The zero-order chi connectivity index (χ0) is 13.3. The van der Waals surface area contributed by atoms with E-state index >= 15 is 0 Å². The van der Waals surface area contributed by atoms with Gasteiger partial charge in [-0.3, -0.25) is 4.90 Å². The van der Waals surface area contributed by atoms with Gasteiger partial charge in [0, 0.05) is 38.4 Å². The Labute approximate surface area is 116 Å². The fraction of sp³-hybridized carbons (Fsp3) is 1.00. The molecule has 3 heterocycles. The van der Waals surface area contributed by atoms with Gasteiger partial charge in [0.1, 0.15) is 0 Å². The number of hydrogen-bond donors (Lipinski definition) is 1. The van der Waals surface area contributed by atoms with E-state index in [4.69, 9.17) is 15.2 Å². The van der Waals surface area contributed by atoms with Crippen LogP contribution in [0.4, 0.5) is 0 Å². The molecule has 3 aliphatic rings.